The third kappa shape index (κ3) is 2.70. The van der Waals surface area contributed by atoms with Crippen LogP contribution in [0.1, 0.15) is 81.2 Å². The molecule has 1 heteroatoms. The number of rotatable bonds is 2. The second kappa shape index (κ2) is 5.46. The molecule has 2 aromatic rings. The smallest absolute Gasteiger partial charge is 0.0206 e. The monoisotopic (exact) mass is 396 g/mol. The number of fused-ring (bicyclic) bond motifs is 1. The molecule has 0 nitrogen and oxygen atoms in total. The Balaban J connectivity index is 1.89. The highest BCUT2D eigenvalue weighted by Crippen LogP contribution is 2.56. The number of hydrogen-bond donors (Lipinski definition) is 0. The Morgan fingerprint density at radius 3 is 1.76 bits per heavy atom. The lowest BCUT2D eigenvalue weighted by Gasteiger charge is -2.43. The van der Waals surface area contributed by atoms with Crippen molar-refractivity contribution in [2.24, 2.45) is 0 Å². The Morgan fingerprint density at radius 2 is 1.24 bits per heavy atom. The summed E-state index contributed by atoms with van der Waals surface area (Å²) in [4.78, 5) is 0. The standard InChI is InChI=1S/C24H29Br/c1-16-14-20-21(23(4,5)11-10-22(20,2)3)15-19(16)24(12-13-24)17-6-8-18(25)9-7-17/h6-9,14-15H,10-13H2,1-5H3. The largest absolute Gasteiger partial charge is 0.0570 e. The molecular weight excluding hydrogens is 368 g/mol. The molecule has 0 N–H and O–H groups in total. The highest BCUT2D eigenvalue weighted by Gasteiger charge is 2.48. The van der Waals surface area contributed by atoms with Crippen LogP contribution >= 0.6 is 15.9 Å². The molecule has 2 aliphatic carbocycles. The fraction of sp³-hybridized carbons (Fsp3) is 0.500. The van der Waals surface area contributed by atoms with E-state index in [2.05, 4.69) is 86.9 Å². The van der Waals surface area contributed by atoms with Crippen molar-refractivity contribution in [3.63, 3.8) is 0 Å². The van der Waals surface area contributed by atoms with Gasteiger partial charge in [-0.15, -0.1) is 0 Å². The van der Waals surface area contributed by atoms with E-state index in [0.29, 0.717) is 5.41 Å². The van der Waals surface area contributed by atoms with E-state index in [-0.39, 0.29) is 10.8 Å². The van der Waals surface area contributed by atoms with Crippen LogP contribution in [0.5, 0.6) is 0 Å². The highest BCUT2D eigenvalue weighted by molar-refractivity contribution is 9.10. The average molecular weight is 397 g/mol. The normalized spacial score (nSPS) is 22.3. The molecule has 25 heavy (non-hydrogen) atoms. The fourth-order valence-electron chi connectivity index (χ4n) is 4.85. The number of aryl methyl sites for hydroxylation is 1. The quantitative estimate of drug-likeness (QED) is 0.503. The van der Waals surface area contributed by atoms with Gasteiger partial charge in [0.05, 0.1) is 0 Å². The molecule has 1 fully saturated rings. The summed E-state index contributed by atoms with van der Waals surface area (Å²) in [6.07, 6.45) is 5.11. The molecule has 4 rings (SSSR count). The van der Waals surface area contributed by atoms with E-state index in [0.717, 1.165) is 4.47 Å². The van der Waals surface area contributed by atoms with E-state index < -0.39 is 0 Å². The van der Waals surface area contributed by atoms with E-state index in [1.165, 1.54) is 36.8 Å². The Morgan fingerprint density at radius 1 is 0.720 bits per heavy atom. The summed E-state index contributed by atoms with van der Waals surface area (Å²) in [6.45, 7) is 12.0. The molecule has 0 bridgehead atoms. The zero-order chi connectivity index (χ0) is 18.0. The molecule has 0 aromatic heterocycles. The van der Waals surface area contributed by atoms with Gasteiger partial charge in [-0.25, -0.2) is 0 Å². The van der Waals surface area contributed by atoms with Crippen molar-refractivity contribution in [3.8, 4) is 0 Å². The fourth-order valence-corrected chi connectivity index (χ4v) is 5.11. The first-order valence-electron chi connectivity index (χ1n) is 9.58. The first-order valence-corrected chi connectivity index (χ1v) is 10.4. The van der Waals surface area contributed by atoms with Crippen molar-refractivity contribution in [2.75, 3.05) is 0 Å². The van der Waals surface area contributed by atoms with Crippen molar-refractivity contribution in [3.05, 3.63) is 68.7 Å². The van der Waals surface area contributed by atoms with Gasteiger partial charge in [0.1, 0.15) is 0 Å². The number of benzene rings is 2. The summed E-state index contributed by atoms with van der Waals surface area (Å²) < 4.78 is 1.16. The predicted octanol–water partition coefficient (Wildman–Crippen LogP) is 7.19. The third-order valence-corrected chi connectivity index (χ3v) is 7.39. The van der Waals surface area contributed by atoms with Gasteiger partial charge in [0.2, 0.25) is 0 Å². The predicted molar refractivity (Wildman–Crippen MR) is 111 cm³/mol. The van der Waals surface area contributed by atoms with Gasteiger partial charge in [0.25, 0.3) is 0 Å². The topological polar surface area (TPSA) is 0 Å². The summed E-state index contributed by atoms with van der Waals surface area (Å²) in [6, 6.07) is 14.1. The molecule has 0 saturated heterocycles. The second-order valence-electron chi connectivity index (χ2n) is 9.57. The Hall–Kier alpha value is -1.08. The maximum Gasteiger partial charge on any atom is 0.0206 e. The van der Waals surface area contributed by atoms with E-state index >= 15 is 0 Å². The molecule has 1 saturated carbocycles. The maximum atomic E-state index is 3.58. The van der Waals surface area contributed by atoms with Gasteiger partial charge in [0.15, 0.2) is 0 Å². The van der Waals surface area contributed by atoms with Crippen molar-refractivity contribution in [1.29, 1.82) is 0 Å². The summed E-state index contributed by atoms with van der Waals surface area (Å²) in [5.41, 5.74) is 8.52. The number of hydrogen-bond acceptors (Lipinski definition) is 0. The zero-order valence-electron chi connectivity index (χ0n) is 16.2. The van der Waals surface area contributed by atoms with E-state index in [4.69, 9.17) is 0 Å². The molecule has 0 heterocycles. The van der Waals surface area contributed by atoms with Crippen LogP contribution in [-0.2, 0) is 16.2 Å². The first kappa shape index (κ1) is 17.3. The molecule has 0 aliphatic heterocycles. The van der Waals surface area contributed by atoms with Crippen LogP contribution in [0.2, 0.25) is 0 Å². The van der Waals surface area contributed by atoms with Gasteiger partial charge in [-0.1, -0.05) is 67.9 Å². The minimum Gasteiger partial charge on any atom is -0.0570 e. The van der Waals surface area contributed by atoms with Crippen molar-refractivity contribution in [1.82, 2.24) is 0 Å². The Bertz CT molecular complexity index is 820. The molecule has 2 aliphatic rings. The second-order valence-corrected chi connectivity index (χ2v) is 10.5. The molecule has 0 radical (unpaired) electrons. The lowest BCUT2D eigenvalue weighted by atomic mass is 9.62. The SMILES string of the molecule is Cc1cc2c(cc1C1(c3ccc(Br)cc3)CC1)C(C)(C)CCC2(C)C. The zero-order valence-corrected chi connectivity index (χ0v) is 17.8. The summed E-state index contributed by atoms with van der Waals surface area (Å²) in [5, 5.41) is 0. The van der Waals surface area contributed by atoms with Crippen LogP contribution in [-0.4, -0.2) is 0 Å². The molecule has 0 atom stereocenters. The molecule has 0 amide bonds. The van der Waals surface area contributed by atoms with Crippen LogP contribution in [0.3, 0.4) is 0 Å². The minimum absolute atomic E-state index is 0.248. The lowest BCUT2D eigenvalue weighted by Crippen LogP contribution is -2.34. The molecule has 2 aromatic carbocycles. The van der Waals surface area contributed by atoms with E-state index in [1.54, 1.807) is 16.7 Å². The van der Waals surface area contributed by atoms with Gasteiger partial charge >= 0.3 is 0 Å². The van der Waals surface area contributed by atoms with Crippen molar-refractivity contribution in [2.45, 2.75) is 76.5 Å². The van der Waals surface area contributed by atoms with Gasteiger partial charge in [-0.3, -0.25) is 0 Å². The summed E-state index contributed by atoms with van der Waals surface area (Å²) in [7, 11) is 0. The van der Waals surface area contributed by atoms with Crippen LogP contribution in [0.25, 0.3) is 0 Å². The van der Waals surface area contributed by atoms with Gasteiger partial charge in [-0.05, 0) is 83.4 Å². The minimum atomic E-state index is 0.248. The maximum absolute atomic E-state index is 3.58. The lowest BCUT2D eigenvalue weighted by molar-refractivity contribution is 0.331. The Kier molecular flexibility index (Phi) is 3.79. The average Bonchev–Trinajstić information content (AvgIpc) is 3.34. The van der Waals surface area contributed by atoms with Gasteiger partial charge in [0, 0.05) is 9.89 Å². The molecule has 0 spiro atoms. The van der Waals surface area contributed by atoms with Gasteiger partial charge < -0.3 is 0 Å². The first-order chi connectivity index (χ1) is 11.7. The molecule has 132 valence electrons. The van der Waals surface area contributed by atoms with E-state index in [9.17, 15) is 0 Å². The third-order valence-electron chi connectivity index (χ3n) is 6.86. The number of halogens is 1. The Labute approximate surface area is 161 Å². The summed E-state index contributed by atoms with van der Waals surface area (Å²) in [5.74, 6) is 0. The van der Waals surface area contributed by atoms with Crippen LogP contribution < -0.4 is 0 Å². The van der Waals surface area contributed by atoms with Gasteiger partial charge in [-0.2, -0.15) is 0 Å². The highest BCUT2D eigenvalue weighted by atomic mass is 79.9. The van der Waals surface area contributed by atoms with Crippen molar-refractivity contribution < 1.29 is 0 Å². The van der Waals surface area contributed by atoms with Crippen molar-refractivity contribution >= 4 is 15.9 Å². The van der Waals surface area contributed by atoms with Crippen LogP contribution in [0, 0.1) is 6.92 Å². The van der Waals surface area contributed by atoms with Crippen LogP contribution in [0.15, 0.2) is 40.9 Å². The molecular formula is C24H29Br. The van der Waals surface area contributed by atoms with Crippen LogP contribution in [0.4, 0.5) is 0 Å². The summed E-state index contributed by atoms with van der Waals surface area (Å²) >= 11 is 3.58. The molecule has 0 unspecified atom stereocenters. The van der Waals surface area contributed by atoms with E-state index in [1.807, 2.05) is 0 Å².